The van der Waals surface area contributed by atoms with Crippen LogP contribution < -0.4 is 4.74 Å². The standard InChI is InChI=1S/C22H32N4O2/c1-4-26(22(27)21-10-12-23-24(21)2)17-19-8-6-13-25(16-19)14-11-18-7-5-9-20(15-18)28-3/h5,7,9-10,12,15,19H,4,6,8,11,13-14,16-17H2,1-3H3/t19-/m1/s1. The lowest BCUT2D eigenvalue weighted by Crippen LogP contribution is -2.43. The summed E-state index contributed by atoms with van der Waals surface area (Å²) in [6.07, 6.45) is 5.09. The number of hydrogen-bond donors (Lipinski definition) is 0. The van der Waals surface area contributed by atoms with Crippen LogP contribution in [0, 0.1) is 5.92 Å². The van der Waals surface area contributed by atoms with E-state index in [-0.39, 0.29) is 5.91 Å². The number of piperidine rings is 1. The Kier molecular flexibility index (Phi) is 7.09. The summed E-state index contributed by atoms with van der Waals surface area (Å²) in [5.41, 5.74) is 1.97. The number of rotatable bonds is 8. The number of nitrogens with zero attached hydrogens (tertiary/aromatic N) is 4. The van der Waals surface area contributed by atoms with Crippen molar-refractivity contribution >= 4 is 5.91 Å². The first kappa shape index (κ1) is 20.4. The van der Waals surface area contributed by atoms with Gasteiger partial charge >= 0.3 is 0 Å². The van der Waals surface area contributed by atoms with Gasteiger partial charge in [-0.25, -0.2) is 0 Å². The third-order valence-electron chi connectivity index (χ3n) is 5.64. The van der Waals surface area contributed by atoms with E-state index >= 15 is 0 Å². The molecular weight excluding hydrogens is 352 g/mol. The molecule has 1 fully saturated rings. The van der Waals surface area contributed by atoms with Gasteiger partial charge in [0.2, 0.25) is 0 Å². The van der Waals surface area contributed by atoms with Gasteiger partial charge in [0.25, 0.3) is 5.91 Å². The molecule has 6 heteroatoms. The highest BCUT2D eigenvalue weighted by Crippen LogP contribution is 2.20. The summed E-state index contributed by atoms with van der Waals surface area (Å²) in [5, 5.41) is 4.13. The van der Waals surface area contributed by atoms with Crippen molar-refractivity contribution in [1.82, 2.24) is 19.6 Å². The molecule has 1 saturated heterocycles. The number of benzene rings is 1. The Morgan fingerprint density at radius 1 is 1.36 bits per heavy atom. The Hall–Kier alpha value is -2.34. The van der Waals surface area contributed by atoms with Gasteiger partial charge in [-0.15, -0.1) is 0 Å². The van der Waals surface area contributed by atoms with Crippen molar-refractivity contribution in [3.8, 4) is 5.75 Å². The highest BCUT2D eigenvalue weighted by Gasteiger charge is 2.25. The number of hydrogen-bond acceptors (Lipinski definition) is 4. The molecule has 3 rings (SSSR count). The van der Waals surface area contributed by atoms with Crippen molar-refractivity contribution in [3.63, 3.8) is 0 Å². The van der Waals surface area contributed by atoms with Crippen molar-refractivity contribution < 1.29 is 9.53 Å². The highest BCUT2D eigenvalue weighted by molar-refractivity contribution is 5.92. The molecule has 0 radical (unpaired) electrons. The Morgan fingerprint density at radius 2 is 2.21 bits per heavy atom. The molecule has 0 saturated carbocycles. The second-order valence-corrected chi connectivity index (χ2v) is 7.59. The zero-order valence-corrected chi connectivity index (χ0v) is 17.3. The van der Waals surface area contributed by atoms with Gasteiger partial charge in [0.1, 0.15) is 11.4 Å². The van der Waals surface area contributed by atoms with E-state index in [1.54, 1.807) is 24.1 Å². The predicted octanol–water partition coefficient (Wildman–Crippen LogP) is 2.85. The molecule has 1 amide bonds. The largest absolute Gasteiger partial charge is 0.497 e. The van der Waals surface area contributed by atoms with Crippen LogP contribution in [-0.2, 0) is 13.5 Å². The third-order valence-corrected chi connectivity index (χ3v) is 5.64. The van der Waals surface area contributed by atoms with Crippen LogP contribution in [0.1, 0.15) is 35.8 Å². The molecule has 0 spiro atoms. The minimum atomic E-state index is 0.0796. The minimum Gasteiger partial charge on any atom is -0.497 e. The number of ether oxygens (including phenoxy) is 1. The molecule has 1 aliphatic heterocycles. The zero-order chi connectivity index (χ0) is 19.9. The lowest BCUT2D eigenvalue weighted by Gasteiger charge is -2.35. The van der Waals surface area contributed by atoms with Gasteiger partial charge in [0, 0.05) is 39.4 Å². The summed E-state index contributed by atoms with van der Waals surface area (Å²) in [7, 11) is 3.53. The summed E-state index contributed by atoms with van der Waals surface area (Å²) in [6.45, 7) is 6.84. The average molecular weight is 385 g/mol. The molecule has 0 aliphatic carbocycles. The van der Waals surface area contributed by atoms with E-state index in [1.807, 2.05) is 18.0 Å². The smallest absolute Gasteiger partial charge is 0.272 e. The SMILES string of the molecule is CCN(C[C@@H]1CCCN(CCc2cccc(OC)c2)C1)C(=O)c1ccnn1C. The molecule has 1 aliphatic rings. The van der Waals surface area contributed by atoms with E-state index in [1.165, 1.54) is 18.4 Å². The van der Waals surface area contributed by atoms with Gasteiger partial charge in [-0.2, -0.15) is 5.10 Å². The number of aromatic nitrogens is 2. The Morgan fingerprint density at radius 3 is 2.93 bits per heavy atom. The number of methoxy groups -OCH3 is 1. The van der Waals surface area contributed by atoms with E-state index in [2.05, 4.69) is 35.1 Å². The van der Waals surface area contributed by atoms with Crippen LogP contribution in [0.3, 0.4) is 0 Å². The zero-order valence-electron chi connectivity index (χ0n) is 17.3. The van der Waals surface area contributed by atoms with E-state index in [0.29, 0.717) is 11.6 Å². The Labute approximate surface area is 168 Å². The van der Waals surface area contributed by atoms with Crippen LogP contribution in [0.2, 0.25) is 0 Å². The fourth-order valence-corrected chi connectivity index (χ4v) is 4.03. The van der Waals surface area contributed by atoms with Gasteiger partial charge in [-0.1, -0.05) is 12.1 Å². The molecule has 1 atom stereocenters. The Balaban J connectivity index is 1.53. The average Bonchev–Trinajstić information content (AvgIpc) is 3.16. The van der Waals surface area contributed by atoms with E-state index < -0.39 is 0 Å². The summed E-state index contributed by atoms with van der Waals surface area (Å²) in [4.78, 5) is 17.3. The van der Waals surface area contributed by atoms with E-state index in [4.69, 9.17) is 4.74 Å². The molecule has 0 N–H and O–H groups in total. The topological polar surface area (TPSA) is 50.6 Å². The van der Waals surface area contributed by atoms with Gasteiger partial charge < -0.3 is 14.5 Å². The molecule has 2 aromatic rings. The van der Waals surface area contributed by atoms with Crippen LogP contribution in [0.15, 0.2) is 36.5 Å². The molecule has 0 bridgehead atoms. The summed E-state index contributed by atoms with van der Waals surface area (Å²) < 4.78 is 6.98. The van der Waals surface area contributed by atoms with Crippen molar-refractivity contribution in [2.45, 2.75) is 26.2 Å². The third kappa shape index (κ3) is 5.13. The first-order valence-electron chi connectivity index (χ1n) is 10.2. The fourth-order valence-electron chi connectivity index (χ4n) is 4.03. The summed E-state index contributed by atoms with van der Waals surface area (Å²) in [5.74, 6) is 1.52. The van der Waals surface area contributed by atoms with Crippen LogP contribution in [0.4, 0.5) is 0 Å². The van der Waals surface area contributed by atoms with Crippen molar-refractivity contribution in [2.24, 2.45) is 13.0 Å². The van der Waals surface area contributed by atoms with Gasteiger partial charge in [-0.3, -0.25) is 9.48 Å². The van der Waals surface area contributed by atoms with Crippen LogP contribution in [-0.4, -0.2) is 65.3 Å². The maximum absolute atomic E-state index is 12.8. The number of likely N-dealkylation sites (tertiary alicyclic amines) is 1. The molecule has 152 valence electrons. The minimum absolute atomic E-state index is 0.0796. The fraction of sp³-hybridized carbons (Fsp3) is 0.545. The first-order chi connectivity index (χ1) is 13.6. The Bertz CT molecular complexity index is 773. The lowest BCUT2D eigenvalue weighted by atomic mass is 9.96. The van der Waals surface area contributed by atoms with Gasteiger partial charge in [-0.05, 0) is 62.4 Å². The second kappa shape index (κ2) is 9.73. The molecule has 1 aromatic heterocycles. The monoisotopic (exact) mass is 384 g/mol. The second-order valence-electron chi connectivity index (χ2n) is 7.59. The van der Waals surface area contributed by atoms with Gasteiger partial charge in [0.15, 0.2) is 0 Å². The van der Waals surface area contributed by atoms with Crippen LogP contribution >= 0.6 is 0 Å². The summed E-state index contributed by atoms with van der Waals surface area (Å²) in [6, 6.07) is 10.1. The molecule has 1 aromatic carbocycles. The molecule has 28 heavy (non-hydrogen) atoms. The predicted molar refractivity (Wildman–Crippen MR) is 111 cm³/mol. The van der Waals surface area contributed by atoms with Crippen LogP contribution in [0.5, 0.6) is 5.75 Å². The van der Waals surface area contributed by atoms with Crippen molar-refractivity contribution in [1.29, 1.82) is 0 Å². The number of amides is 1. The molecule has 6 nitrogen and oxygen atoms in total. The van der Waals surface area contributed by atoms with Gasteiger partial charge in [0.05, 0.1) is 7.11 Å². The number of carbonyl (C=O) groups is 1. The summed E-state index contributed by atoms with van der Waals surface area (Å²) >= 11 is 0. The molecule has 0 unspecified atom stereocenters. The van der Waals surface area contributed by atoms with E-state index in [0.717, 1.165) is 44.9 Å². The maximum Gasteiger partial charge on any atom is 0.272 e. The van der Waals surface area contributed by atoms with Crippen LogP contribution in [0.25, 0.3) is 0 Å². The quantitative estimate of drug-likeness (QED) is 0.702. The van der Waals surface area contributed by atoms with E-state index in [9.17, 15) is 4.79 Å². The lowest BCUT2D eigenvalue weighted by molar-refractivity contribution is 0.0680. The van der Waals surface area contributed by atoms with Crippen molar-refractivity contribution in [2.75, 3.05) is 39.8 Å². The maximum atomic E-state index is 12.8. The molecule has 2 heterocycles. The first-order valence-corrected chi connectivity index (χ1v) is 10.2. The van der Waals surface area contributed by atoms with Crippen molar-refractivity contribution in [3.05, 3.63) is 47.8 Å². The normalized spacial score (nSPS) is 17.5. The number of aryl methyl sites for hydroxylation is 1. The number of carbonyl (C=O) groups excluding carboxylic acids is 1. The molecular formula is C22H32N4O2. The highest BCUT2D eigenvalue weighted by atomic mass is 16.5.